The fraction of sp³-hybridized carbons (Fsp3) is 0.429. The van der Waals surface area contributed by atoms with Crippen molar-refractivity contribution in [3.63, 3.8) is 0 Å². The minimum Gasteiger partial charge on any atom is -0.459 e. The number of aliphatic imine (C=N–C) groups is 1. The van der Waals surface area contributed by atoms with Crippen molar-refractivity contribution in [2.45, 2.75) is 19.9 Å². The highest BCUT2D eigenvalue weighted by Gasteiger charge is 2.20. The zero-order valence-electron chi connectivity index (χ0n) is 17.7. The molecule has 0 aliphatic carbocycles. The van der Waals surface area contributed by atoms with E-state index in [1.54, 1.807) is 19.2 Å². The zero-order valence-corrected chi connectivity index (χ0v) is 20.7. The Labute approximate surface area is 200 Å². The van der Waals surface area contributed by atoms with Gasteiger partial charge < -0.3 is 20.4 Å². The van der Waals surface area contributed by atoms with E-state index in [9.17, 15) is 4.79 Å². The second-order valence-corrected chi connectivity index (χ2v) is 6.78. The van der Waals surface area contributed by atoms with Crippen LogP contribution in [0.15, 0.2) is 52.1 Å². The number of guanidine groups is 1. The van der Waals surface area contributed by atoms with Crippen molar-refractivity contribution in [2.24, 2.45) is 4.99 Å². The molecule has 1 aromatic carbocycles. The van der Waals surface area contributed by atoms with Gasteiger partial charge in [-0.25, -0.2) is 0 Å². The van der Waals surface area contributed by atoms with Gasteiger partial charge in [0, 0.05) is 31.7 Å². The minimum atomic E-state index is -0.236. The molecule has 1 aromatic heterocycles. The normalized spacial score (nSPS) is 12.2. The molecule has 2 rings (SSSR count). The van der Waals surface area contributed by atoms with Crippen molar-refractivity contribution >= 4 is 47.4 Å². The van der Waals surface area contributed by atoms with Gasteiger partial charge in [0.15, 0.2) is 11.7 Å². The van der Waals surface area contributed by atoms with Crippen LogP contribution in [0.3, 0.4) is 0 Å². The van der Waals surface area contributed by atoms with Crippen molar-refractivity contribution in [1.82, 2.24) is 20.9 Å². The lowest BCUT2D eigenvalue weighted by Gasteiger charge is -2.31. The molecule has 1 heterocycles. The third kappa shape index (κ3) is 7.81. The van der Waals surface area contributed by atoms with Gasteiger partial charge in [-0.05, 0) is 36.9 Å². The predicted octanol–water partition coefficient (Wildman–Crippen LogP) is 3.53. The summed E-state index contributed by atoms with van der Waals surface area (Å²) in [6.45, 7) is 7.75. The Morgan fingerprint density at radius 3 is 2.40 bits per heavy atom. The minimum absolute atomic E-state index is 0. The lowest BCUT2D eigenvalue weighted by Crippen LogP contribution is -2.45. The number of benzene rings is 1. The number of likely N-dealkylation sites (N-methyl/N-ethyl adjacent to an activating group) is 1. The molecule has 0 radical (unpaired) electrons. The van der Waals surface area contributed by atoms with E-state index in [0.717, 1.165) is 23.7 Å². The SMILES string of the molecule is CCN(CC)C(CNC(=NC)NCCNC(=O)c1ccco1)c1ccccc1Cl.I. The summed E-state index contributed by atoms with van der Waals surface area (Å²) in [4.78, 5) is 18.5. The quantitative estimate of drug-likeness (QED) is 0.184. The number of amides is 1. The third-order valence-corrected chi connectivity index (χ3v) is 5.00. The Morgan fingerprint density at radius 1 is 1.10 bits per heavy atom. The molecule has 0 aliphatic heterocycles. The van der Waals surface area contributed by atoms with Crippen LogP contribution >= 0.6 is 35.6 Å². The molecule has 0 aliphatic rings. The second kappa shape index (κ2) is 14.3. The topological polar surface area (TPSA) is 81.9 Å². The summed E-state index contributed by atoms with van der Waals surface area (Å²) >= 11 is 6.45. The first-order chi connectivity index (χ1) is 14.1. The van der Waals surface area contributed by atoms with E-state index in [0.29, 0.717) is 31.4 Å². The monoisotopic (exact) mass is 547 g/mol. The lowest BCUT2D eigenvalue weighted by atomic mass is 10.0. The summed E-state index contributed by atoms with van der Waals surface area (Å²) in [5, 5.41) is 10.1. The third-order valence-electron chi connectivity index (χ3n) is 4.65. The van der Waals surface area contributed by atoms with Crippen molar-refractivity contribution in [3.05, 3.63) is 59.0 Å². The maximum Gasteiger partial charge on any atom is 0.287 e. The van der Waals surface area contributed by atoms with Crippen LogP contribution in [0.4, 0.5) is 0 Å². The number of nitrogens with one attached hydrogen (secondary N) is 3. The molecular formula is C21H31ClIN5O2. The summed E-state index contributed by atoms with van der Waals surface area (Å²) < 4.78 is 5.07. The summed E-state index contributed by atoms with van der Waals surface area (Å²) in [7, 11) is 1.72. The fourth-order valence-electron chi connectivity index (χ4n) is 3.11. The number of carbonyl (C=O) groups excluding carboxylic acids is 1. The summed E-state index contributed by atoms with van der Waals surface area (Å²) in [5.74, 6) is 0.732. The van der Waals surface area contributed by atoms with Gasteiger partial charge in [-0.15, -0.1) is 24.0 Å². The van der Waals surface area contributed by atoms with Crippen molar-refractivity contribution < 1.29 is 9.21 Å². The van der Waals surface area contributed by atoms with Crippen LogP contribution in [0, 0.1) is 0 Å². The van der Waals surface area contributed by atoms with E-state index >= 15 is 0 Å². The lowest BCUT2D eigenvalue weighted by molar-refractivity contribution is 0.0926. The van der Waals surface area contributed by atoms with Gasteiger partial charge in [0.25, 0.3) is 5.91 Å². The largest absolute Gasteiger partial charge is 0.459 e. The van der Waals surface area contributed by atoms with Gasteiger partial charge in [0.05, 0.1) is 12.3 Å². The molecule has 0 bridgehead atoms. The van der Waals surface area contributed by atoms with Crippen LogP contribution in [0.1, 0.15) is 36.0 Å². The van der Waals surface area contributed by atoms with Crippen LogP contribution in [0.2, 0.25) is 5.02 Å². The first-order valence-electron chi connectivity index (χ1n) is 9.85. The Morgan fingerprint density at radius 2 is 1.80 bits per heavy atom. The smallest absolute Gasteiger partial charge is 0.287 e. The summed E-state index contributed by atoms with van der Waals surface area (Å²) in [5.41, 5.74) is 1.09. The standard InChI is InChI=1S/C21H30ClN5O2.HI/c1-4-27(5-2)18(16-9-6-7-10-17(16)22)15-26-21(23-3)25-13-12-24-20(28)19-11-8-14-29-19;/h6-11,14,18H,4-5,12-13,15H2,1-3H3,(H,24,28)(H2,23,25,26);1H. The van der Waals surface area contributed by atoms with Crippen molar-refractivity contribution in [1.29, 1.82) is 0 Å². The highest BCUT2D eigenvalue weighted by atomic mass is 127. The Balaban J connectivity index is 0.00000450. The Hall–Kier alpha value is -1.78. The molecule has 1 amide bonds. The van der Waals surface area contributed by atoms with Crippen molar-refractivity contribution in [2.75, 3.05) is 39.8 Å². The highest BCUT2D eigenvalue weighted by molar-refractivity contribution is 14.0. The maximum absolute atomic E-state index is 11.9. The molecule has 166 valence electrons. The van der Waals surface area contributed by atoms with Gasteiger partial charge in [-0.3, -0.25) is 14.7 Å². The van der Waals surface area contributed by atoms with Gasteiger partial charge in [0.2, 0.25) is 0 Å². The van der Waals surface area contributed by atoms with Gasteiger partial charge in [-0.2, -0.15) is 0 Å². The highest BCUT2D eigenvalue weighted by Crippen LogP contribution is 2.26. The molecule has 0 spiro atoms. The van der Waals surface area contributed by atoms with E-state index in [2.05, 4.69) is 45.8 Å². The number of halogens is 2. The van der Waals surface area contributed by atoms with Crippen LogP contribution in [-0.2, 0) is 0 Å². The molecule has 3 N–H and O–H groups in total. The number of carbonyl (C=O) groups is 1. The number of nitrogens with zero attached hydrogens (tertiary/aromatic N) is 2. The van der Waals surface area contributed by atoms with E-state index in [4.69, 9.17) is 16.0 Å². The summed E-state index contributed by atoms with van der Waals surface area (Å²) in [6, 6.07) is 11.4. The predicted molar refractivity (Wildman–Crippen MR) is 133 cm³/mol. The van der Waals surface area contributed by atoms with Gasteiger partial charge in [0.1, 0.15) is 0 Å². The molecule has 1 atom stereocenters. The Kier molecular flexibility index (Phi) is 12.5. The van der Waals surface area contributed by atoms with Crippen molar-refractivity contribution in [3.8, 4) is 0 Å². The molecule has 2 aromatic rings. The molecule has 0 fully saturated rings. The first kappa shape index (κ1) is 26.3. The summed E-state index contributed by atoms with van der Waals surface area (Å²) in [6.07, 6.45) is 1.48. The average molecular weight is 548 g/mol. The van der Waals surface area contributed by atoms with Crippen LogP contribution in [0.25, 0.3) is 0 Å². The molecule has 7 nitrogen and oxygen atoms in total. The Bertz CT molecular complexity index is 781. The first-order valence-corrected chi connectivity index (χ1v) is 10.2. The van der Waals surface area contributed by atoms with Crippen LogP contribution in [-0.4, -0.2) is 56.5 Å². The van der Waals surface area contributed by atoms with E-state index < -0.39 is 0 Å². The average Bonchev–Trinajstić information content (AvgIpc) is 3.28. The van der Waals surface area contributed by atoms with Crippen LogP contribution in [0.5, 0.6) is 0 Å². The number of rotatable bonds is 10. The van der Waals surface area contributed by atoms with Gasteiger partial charge >= 0.3 is 0 Å². The molecular weight excluding hydrogens is 517 g/mol. The van der Waals surface area contributed by atoms with E-state index in [1.807, 2.05) is 18.2 Å². The van der Waals surface area contributed by atoms with Crippen LogP contribution < -0.4 is 16.0 Å². The van der Waals surface area contributed by atoms with Gasteiger partial charge in [-0.1, -0.05) is 43.6 Å². The maximum atomic E-state index is 11.9. The zero-order chi connectivity index (χ0) is 21.1. The molecule has 1 unspecified atom stereocenters. The van der Waals surface area contributed by atoms with E-state index in [-0.39, 0.29) is 35.9 Å². The second-order valence-electron chi connectivity index (χ2n) is 6.37. The molecule has 30 heavy (non-hydrogen) atoms. The number of hydrogen-bond donors (Lipinski definition) is 3. The number of hydrogen-bond acceptors (Lipinski definition) is 4. The van der Waals surface area contributed by atoms with E-state index in [1.165, 1.54) is 6.26 Å². The molecule has 9 heteroatoms. The number of furan rings is 1. The molecule has 0 saturated carbocycles. The fourth-order valence-corrected chi connectivity index (χ4v) is 3.37. The molecule has 0 saturated heterocycles.